The molecule has 0 bridgehead atoms. The normalized spacial score (nSPS) is 11.2. The van der Waals surface area contributed by atoms with E-state index in [1.165, 1.54) is 19.4 Å². The van der Waals surface area contributed by atoms with Crippen molar-refractivity contribution in [1.82, 2.24) is 5.43 Å². The fraction of sp³-hybridized carbons (Fsp3) is 0.125. The van der Waals surface area contributed by atoms with Crippen LogP contribution in [0.25, 0.3) is 0 Å². The van der Waals surface area contributed by atoms with Crippen molar-refractivity contribution < 1.29 is 32.2 Å². The Morgan fingerprint density at radius 3 is 2.49 bits per heavy atom. The molecule has 182 valence electrons. The summed E-state index contributed by atoms with van der Waals surface area (Å²) in [4.78, 5) is 23.9. The van der Waals surface area contributed by atoms with E-state index >= 15 is 0 Å². The summed E-state index contributed by atoms with van der Waals surface area (Å²) in [6.45, 7) is 0.139. The van der Waals surface area contributed by atoms with Crippen molar-refractivity contribution in [3.63, 3.8) is 0 Å². The van der Waals surface area contributed by atoms with Gasteiger partial charge in [-0.15, -0.1) is 0 Å². The Kier molecular flexibility index (Phi) is 8.32. The molecule has 0 aliphatic carbocycles. The standard InChI is InChI=1S/C24H19ClF3N3O4/c1-34-20-10-9-15(11-16(20)14-35-21-8-3-2-7-19(21)25)13-29-31-23(33)22(32)30-18-6-4-5-17(12-18)24(26,27)28/h2-13H,14H2,1H3,(H,30,32)(H,31,33). The van der Waals surface area contributed by atoms with Gasteiger partial charge < -0.3 is 14.8 Å². The van der Waals surface area contributed by atoms with E-state index in [-0.39, 0.29) is 12.3 Å². The molecule has 3 aromatic carbocycles. The van der Waals surface area contributed by atoms with Crippen molar-refractivity contribution in [2.45, 2.75) is 12.8 Å². The molecule has 7 nitrogen and oxygen atoms in total. The number of ether oxygens (including phenoxy) is 2. The van der Waals surface area contributed by atoms with Gasteiger partial charge in [0.2, 0.25) is 0 Å². The van der Waals surface area contributed by atoms with E-state index in [1.54, 1.807) is 42.5 Å². The Hall–Kier alpha value is -4.05. The maximum atomic E-state index is 12.8. The van der Waals surface area contributed by atoms with Gasteiger partial charge in [0.25, 0.3) is 0 Å². The summed E-state index contributed by atoms with van der Waals surface area (Å²) in [5, 5.41) is 6.27. The summed E-state index contributed by atoms with van der Waals surface area (Å²) < 4.78 is 49.4. The molecular formula is C24H19ClF3N3O4. The first kappa shape index (κ1) is 25.6. The fourth-order valence-corrected chi connectivity index (χ4v) is 3.08. The van der Waals surface area contributed by atoms with Gasteiger partial charge in [-0.3, -0.25) is 9.59 Å². The molecule has 11 heteroatoms. The van der Waals surface area contributed by atoms with E-state index in [4.69, 9.17) is 21.1 Å². The number of halogens is 4. The molecular weight excluding hydrogens is 487 g/mol. The molecule has 3 rings (SSSR count). The number of nitrogens with zero attached hydrogens (tertiary/aromatic N) is 1. The maximum Gasteiger partial charge on any atom is 0.416 e. The van der Waals surface area contributed by atoms with Crippen molar-refractivity contribution in [3.8, 4) is 11.5 Å². The third-order valence-corrected chi connectivity index (χ3v) is 4.87. The molecule has 0 saturated heterocycles. The van der Waals surface area contributed by atoms with Gasteiger partial charge in [-0.2, -0.15) is 18.3 Å². The number of benzene rings is 3. The second-order valence-corrected chi connectivity index (χ2v) is 7.43. The maximum absolute atomic E-state index is 12.8. The molecule has 0 aromatic heterocycles. The molecule has 3 aromatic rings. The fourth-order valence-electron chi connectivity index (χ4n) is 2.89. The predicted molar refractivity (Wildman–Crippen MR) is 125 cm³/mol. The number of hydrazone groups is 1. The Bertz CT molecular complexity index is 1250. The number of nitrogens with one attached hydrogen (secondary N) is 2. The highest BCUT2D eigenvalue weighted by Gasteiger charge is 2.30. The van der Waals surface area contributed by atoms with Crippen LogP contribution < -0.4 is 20.2 Å². The lowest BCUT2D eigenvalue weighted by atomic mass is 10.1. The predicted octanol–water partition coefficient (Wildman–Crippen LogP) is 5.04. The first-order valence-electron chi connectivity index (χ1n) is 10.0. The SMILES string of the molecule is COc1ccc(C=NNC(=O)C(=O)Nc2cccc(C(F)(F)F)c2)cc1COc1ccccc1Cl. The number of hydrogen-bond acceptors (Lipinski definition) is 5. The molecule has 0 aliphatic rings. The lowest BCUT2D eigenvalue weighted by molar-refractivity contribution is -0.137. The van der Waals surface area contributed by atoms with Crippen LogP contribution in [0.2, 0.25) is 5.02 Å². The van der Waals surface area contributed by atoms with E-state index in [0.717, 1.165) is 18.2 Å². The summed E-state index contributed by atoms with van der Waals surface area (Å²) in [7, 11) is 1.51. The number of hydrogen-bond donors (Lipinski definition) is 2. The summed E-state index contributed by atoms with van der Waals surface area (Å²) in [6.07, 6.45) is -3.29. The van der Waals surface area contributed by atoms with Crippen LogP contribution in [0.15, 0.2) is 71.8 Å². The zero-order chi connectivity index (χ0) is 25.4. The summed E-state index contributed by atoms with van der Waals surface area (Å²) in [5.41, 5.74) is 2.12. The molecule has 0 fully saturated rings. The molecule has 0 heterocycles. The quantitative estimate of drug-likeness (QED) is 0.268. The molecule has 0 saturated carbocycles. The first-order valence-corrected chi connectivity index (χ1v) is 10.4. The van der Waals surface area contributed by atoms with E-state index in [0.29, 0.717) is 27.6 Å². The number of rotatable bonds is 7. The monoisotopic (exact) mass is 505 g/mol. The van der Waals surface area contributed by atoms with Crippen LogP contribution >= 0.6 is 11.6 Å². The van der Waals surface area contributed by atoms with Crippen LogP contribution in [-0.4, -0.2) is 25.1 Å². The number of alkyl halides is 3. The third-order valence-electron chi connectivity index (χ3n) is 4.56. The highest BCUT2D eigenvalue weighted by atomic mass is 35.5. The van der Waals surface area contributed by atoms with Crippen LogP contribution in [-0.2, 0) is 22.4 Å². The van der Waals surface area contributed by atoms with E-state index < -0.39 is 23.6 Å². The van der Waals surface area contributed by atoms with Crippen LogP contribution in [0.3, 0.4) is 0 Å². The van der Waals surface area contributed by atoms with Gasteiger partial charge in [-0.1, -0.05) is 29.8 Å². The first-order chi connectivity index (χ1) is 16.7. The molecule has 2 amide bonds. The van der Waals surface area contributed by atoms with Crippen LogP contribution in [0.4, 0.5) is 18.9 Å². The van der Waals surface area contributed by atoms with Crippen LogP contribution in [0.1, 0.15) is 16.7 Å². The van der Waals surface area contributed by atoms with Crippen molar-refractivity contribution >= 4 is 35.3 Å². The number of methoxy groups -OCH3 is 1. The smallest absolute Gasteiger partial charge is 0.416 e. The second-order valence-electron chi connectivity index (χ2n) is 7.02. The third kappa shape index (κ3) is 7.21. The Labute approximate surface area is 203 Å². The number of anilines is 1. The zero-order valence-corrected chi connectivity index (χ0v) is 19.0. The van der Waals surface area contributed by atoms with Gasteiger partial charge in [0.1, 0.15) is 18.1 Å². The van der Waals surface area contributed by atoms with Gasteiger partial charge in [0.15, 0.2) is 0 Å². The minimum absolute atomic E-state index is 0.139. The van der Waals surface area contributed by atoms with Crippen LogP contribution in [0, 0.1) is 0 Å². The summed E-state index contributed by atoms with van der Waals surface area (Å²) >= 11 is 6.10. The van der Waals surface area contributed by atoms with E-state index in [1.807, 2.05) is 5.43 Å². The summed E-state index contributed by atoms with van der Waals surface area (Å²) in [5.74, 6) is -1.28. The number of carbonyl (C=O) groups excluding carboxylic acids is 2. The lowest BCUT2D eigenvalue weighted by Gasteiger charge is -2.12. The largest absolute Gasteiger partial charge is 0.496 e. The molecule has 0 unspecified atom stereocenters. The van der Waals surface area contributed by atoms with Crippen molar-refractivity contribution in [1.29, 1.82) is 0 Å². The Morgan fingerprint density at radius 2 is 1.77 bits per heavy atom. The molecule has 2 N–H and O–H groups in total. The lowest BCUT2D eigenvalue weighted by Crippen LogP contribution is -2.32. The highest BCUT2D eigenvalue weighted by Crippen LogP contribution is 2.30. The van der Waals surface area contributed by atoms with E-state index in [9.17, 15) is 22.8 Å². The molecule has 0 spiro atoms. The summed E-state index contributed by atoms with van der Waals surface area (Å²) in [6, 6.07) is 15.9. The Balaban J connectivity index is 1.61. The number of carbonyl (C=O) groups is 2. The number of para-hydroxylation sites is 1. The van der Waals surface area contributed by atoms with Crippen molar-refractivity contribution in [3.05, 3.63) is 88.4 Å². The van der Waals surface area contributed by atoms with Gasteiger partial charge in [-0.05, 0) is 54.1 Å². The van der Waals surface area contributed by atoms with Crippen molar-refractivity contribution in [2.24, 2.45) is 5.10 Å². The van der Waals surface area contributed by atoms with E-state index in [2.05, 4.69) is 10.4 Å². The van der Waals surface area contributed by atoms with Crippen molar-refractivity contribution in [2.75, 3.05) is 12.4 Å². The van der Waals surface area contributed by atoms with Crippen LogP contribution in [0.5, 0.6) is 11.5 Å². The van der Waals surface area contributed by atoms with Gasteiger partial charge >= 0.3 is 18.0 Å². The van der Waals surface area contributed by atoms with Gasteiger partial charge in [-0.25, -0.2) is 5.43 Å². The second kappa shape index (κ2) is 11.4. The molecule has 0 aliphatic heterocycles. The molecule has 0 atom stereocenters. The molecule has 0 radical (unpaired) electrons. The topological polar surface area (TPSA) is 89.0 Å². The Morgan fingerprint density at radius 1 is 1.00 bits per heavy atom. The highest BCUT2D eigenvalue weighted by molar-refractivity contribution is 6.39. The van der Waals surface area contributed by atoms with Gasteiger partial charge in [0.05, 0.1) is 23.9 Å². The molecule has 35 heavy (non-hydrogen) atoms. The average molecular weight is 506 g/mol. The number of amides is 2. The average Bonchev–Trinajstić information content (AvgIpc) is 2.83. The van der Waals surface area contributed by atoms with Gasteiger partial charge in [0, 0.05) is 11.3 Å². The minimum atomic E-state index is -4.58. The zero-order valence-electron chi connectivity index (χ0n) is 18.2. The minimum Gasteiger partial charge on any atom is -0.496 e.